The molecular formula is C22H29N3O2. The third kappa shape index (κ3) is 6.53. The molecule has 144 valence electrons. The number of nitrogens with zero attached hydrogens (tertiary/aromatic N) is 1. The van der Waals surface area contributed by atoms with Gasteiger partial charge in [-0.1, -0.05) is 50.2 Å². The van der Waals surface area contributed by atoms with Crippen LogP contribution in [0.2, 0.25) is 0 Å². The lowest BCUT2D eigenvalue weighted by atomic mass is 10.0. The Morgan fingerprint density at radius 3 is 2.33 bits per heavy atom. The molecule has 0 aliphatic rings. The van der Waals surface area contributed by atoms with E-state index in [9.17, 15) is 9.59 Å². The van der Waals surface area contributed by atoms with Crippen LogP contribution in [0.25, 0.3) is 0 Å². The first-order chi connectivity index (χ1) is 12.9. The van der Waals surface area contributed by atoms with E-state index in [1.807, 2.05) is 58.3 Å². The molecule has 2 rings (SSSR count). The average molecular weight is 367 g/mol. The van der Waals surface area contributed by atoms with Crippen LogP contribution in [0, 0.1) is 5.92 Å². The molecular weight excluding hydrogens is 338 g/mol. The first-order valence-electron chi connectivity index (χ1n) is 9.28. The molecule has 5 nitrogen and oxygen atoms in total. The normalized spacial score (nSPS) is 12.1. The van der Waals surface area contributed by atoms with Gasteiger partial charge in [0, 0.05) is 17.2 Å². The lowest BCUT2D eigenvalue weighted by Gasteiger charge is -2.21. The molecule has 0 fully saturated rings. The van der Waals surface area contributed by atoms with E-state index >= 15 is 0 Å². The molecule has 1 atom stereocenters. The van der Waals surface area contributed by atoms with Crippen molar-refractivity contribution >= 4 is 17.5 Å². The summed E-state index contributed by atoms with van der Waals surface area (Å²) < 4.78 is 0. The van der Waals surface area contributed by atoms with Crippen molar-refractivity contribution in [2.75, 3.05) is 26.0 Å². The van der Waals surface area contributed by atoms with Gasteiger partial charge in [-0.05, 0) is 50.8 Å². The summed E-state index contributed by atoms with van der Waals surface area (Å²) in [4.78, 5) is 26.8. The van der Waals surface area contributed by atoms with E-state index in [2.05, 4.69) is 15.5 Å². The van der Waals surface area contributed by atoms with Gasteiger partial charge in [-0.2, -0.15) is 0 Å². The maximum absolute atomic E-state index is 12.8. The predicted octanol–water partition coefficient (Wildman–Crippen LogP) is 3.70. The van der Waals surface area contributed by atoms with Crippen LogP contribution in [0.1, 0.15) is 42.2 Å². The molecule has 0 bridgehead atoms. The molecule has 5 heteroatoms. The quantitative estimate of drug-likeness (QED) is 0.748. The van der Waals surface area contributed by atoms with Crippen LogP contribution < -0.4 is 10.6 Å². The number of hydrogen-bond acceptors (Lipinski definition) is 3. The number of rotatable bonds is 8. The molecule has 0 heterocycles. The highest BCUT2D eigenvalue weighted by Gasteiger charge is 2.16. The van der Waals surface area contributed by atoms with Crippen LogP contribution in [0.4, 0.5) is 5.69 Å². The zero-order valence-corrected chi connectivity index (χ0v) is 16.5. The van der Waals surface area contributed by atoms with Crippen LogP contribution >= 0.6 is 0 Å². The Hall–Kier alpha value is -2.66. The molecule has 0 saturated carbocycles. The second-order valence-electron chi connectivity index (χ2n) is 7.25. The summed E-state index contributed by atoms with van der Waals surface area (Å²) in [6.07, 6.45) is 0.812. The highest BCUT2D eigenvalue weighted by Crippen LogP contribution is 2.19. The van der Waals surface area contributed by atoms with Gasteiger partial charge in [0.25, 0.3) is 5.91 Å². The Morgan fingerprint density at radius 2 is 1.70 bits per heavy atom. The fourth-order valence-electron chi connectivity index (χ4n) is 2.66. The number of hydrogen-bond donors (Lipinski definition) is 2. The highest BCUT2D eigenvalue weighted by molar-refractivity contribution is 5.97. The summed E-state index contributed by atoms with van der Waals surface area (Å²) in [6, 6.07) is 16.9. The molecule has 0 radical (unpaired) electrons. The van der Waals surface area contributed by atoms with Crippen molar-refractivity contribution in [1.82, 2.24) is 10.2 Å². The largest absolute Gasteiger partial charge is 0.345 e. The standard InChI is InChI=1S/C22H29N3O2/c1-16(2)21(26)23-19-12-8-11-18(15-19)22(27)24-20(13-14-25(3)4)17-9-6-5-7-10-17/h5-12,15-16,20H,13-14H2,1-4H3,(H,23,26)(H,24,27). The summed E-state index contributed by atoms with van der Waals surface area (Å²) >= 11 is 0. The summed E-state index contributed by atoms with van der Waals surface area (Å²) in [7, 11) is 4.04. The van der Waals surface area contributed by atoms with E-state index in [1.54, 1.807) is 24.3 Å². The van der Waals surface area contributed by atoms with Crippen molar-refractivity contribution in [1.29, 1.82) is 0 Å². The molecule has 2 aromatic carbocycles. The average Bonchev–Trinajstić information content (AvgIpc) is 2.65. The van der Waals surface area contributed by atoms with Crippen molar-refractivity contribution in [3.05, 3.63) is 65.7 Å². The number of benzene rings is 2. The van der Waals surface area contributed by atoms with Gasteiger partial charge in [0.05, 0.1) is 6.04 Å². The van der Waals surface area contributed by atoms with Gasteiger partial charge in [0.15, 0.2) is 0 Å². The van der Waals surface area contributed by atoms with Gasteiger partial charge in [-0.15, -0.1) is 0 Å². The van der Waals surface area contributed by atoms with Crippen LogP contribution in [0.3, 0.4) is 0 Å². The third-order valence-electron chi connectivity index (χ3n) is 4.29. The Bertz CT molecular complexity index is 757. The van der Waals surface area contributed by atoms with E-state index in [0.29, 0.717) is 11.3 Å². The minimum absolute atomic E-state index is 0.0688. The third-order valence-corrected chi connectivity index (χ3v) is 4.29. The van der Waals surface area contributed by atoms with E-state index in [-0.39, 0.29) is 23.8 Å². The van der Waals surface area contributed by atoms with E-state index in [0.717, 1.165) is 18.5 Å². The monoisotopic (exact) mass is 367 g/mol. The fourth-order valence-corrected chi connectivity index (χ4v) is 2.66. The zero-order valence-electron chi connectivity index (χ0n) is 16.5. The number of anilines is 1. The van der Waals surface area contributed by atoms with Crippen LogP contribution in [-0.4, -0.2) is 37.4 Å². The highest BCUT2D eigenvalue weighted by atomic mass is 16.2. The Kier molecular flexibility index (Phi) is 7.55. The smallest absolute Gasteiger partial charge is 0.251 e. The molecule has 0 saturated heterocycles. The zero-order chi connectivity index (χ0) is 19.8. The van der Waals surface area contributed by atoms with Crippen molar-refractivity contribution in [3.8, 4) is 0 Å². The molecule has 2 N–H and O–H groups in total. The molecule has 27 heavy (non-hydrogen) atoms. The second-order valence-corrected chi connectivity index (χ2v) is 7.25. The lowest BCUT2D eigenvalue weighted by molar-refractivity contribution is -0.118. The molecule has 2 amide bonds. The summed E-state index contributed by atoms with van der Waals surface area (Å²) in [5.41, 5.74) is 2.24. The number of nitrogens with one attached hydrogen (secondary N) is 2. The molecule has 0 aliphatic heterocycles. The molecule has 2 aromatic rings. The minimum Gasteiger partial charge on any atom is -0.345 e. The number of amides is 2. The molecule has 1 unspecified atom stereocenters. The van der Waals surface area contributed by atoms with Crippen molar-refractivity contribution in [2.45, 2.75) is 26.3 Å². The number of carbonyl (C=O) groups excluding carboxylic acids is 2. The van der Waals surface area contributed by atoms with Crippen LogP contribution in [-0.2, 0) is 4.79 Å². The predicted molar refractivity (Wildman–Crippen MR) is 110 cm³/mol. The lowest BCUT2D eigenvalue weighted by Crippen LogP contribution is -2.31. The minimum atomic E-state index is -0.150. The van der Waals surface area contributed by atoms with Gasteiger partial charge >= 0.3 is 0 Å². The summed E-state index contributed by atoms with van der Waals surface area (Å²) in [6.45, 7) is 4.53. The van der Waals surface area contributed by atoms with Gasteiger partial charge in [0.1, 0.15) is 0 Å². The Morgan fingerprint density at radius 1 is 1.00 bits per heavy atom. The van der Waals surface area contributed by atoms with Gasteiger partial charge in [0.2, 0.25) is 5.91 Å². The van der Waals surface area contributed by atoms with Crippen molar-refractivity contribution in [3.63, 3.8) is 0 Å². The first-order valence-corrected chi connectivity index (χ1v) is 9.28. The molecule has 0 spiro atoms. The van der Waals surface area contributed by atoms with Crippen molar-refractivity contribution < 1.29 is 9.59 Å². The Labute approximate surface area is 161 Å². The fraction of sp³-hybridized carbons (Fsp3) is 0.364. The Balaban J connectivity index is 2.13. The van der Waals surface area contributed by atoms with Gasteiger partial charge in [-0.25, -0.2) is 0 Å². The van der Waals surface area contributed by atoms with Crippen LogP contribution in [0.15, 0.2) is 54.6 Å². The second kappa shape index (κ2) is 9.88. The number of carbonyl (C=O) groups is 2. The van der Waals surface area contributed by atoms with Gasteiger partial charge in [-0.3, -0.25) is 9.59 Å². The van der Waals surface area contributed by atoms with Crippen molar-refractivity contribution in [2.24, 2.45) is 5.92 Å². The van der Waals surface area contributed by atoms with E-state index in [4.69, 9.17) is 0 Å². The maximum atomic E-state index is 12.8. The van der Waals surface area contributed by atoms with E-state index in [1.165, 1.54) is 0 Å². The van der Waals surface area contributed by atoms with Crippen LogP contribution in [0.5, 0.6) is 0 Å². The van der Waals surface area contributed by atoms with E-state index < -0.39 is 0 Å². The summed E-state index contributed by atoms with van der Waals surface area (Å²) in [5.74, 6) is -0.333. The first kappa shape index (κ1) is 20.6. The molecule has 0 aliphatic carbocycles. The summed E-state index contributed by atoms with van der Waals surface area (Å²) in [5, 5.41) is 5.97. The SMILES string of the molecule is CC(C)C(=O)Nc1cccc(C(=O)NC(CCN(C)C)c2ccccc2)c1. The molecule has 0 aromatic heterocycles. The maximum Gasteiger partial charge on any atom is 0.251 e. The van der Waals surface area contributed by atoms with Gasteiger partial charge < -0.3 is 15.5 Å². The topological polar surface area (TPSA) is 61.4 Å².